The molecule has 3 aromatic rings. The summed E-state index contributed by atoms with van der Waals surface area (Å²) >= 11 is 6.67. The van der Waals surface area contributed by atoms with Crippen molar-refractivity contribution in [1.82, 2.24) is 9.78 Å². The molecule has 0 aliphatic carbocycles. The highest BCUT2D eigenvalue weighted by Gasteiger charge is 2.37. The first-order chi connectivity index (χ1) is 16.2. The fourth-order valence-electron chi connectivity index (χ4n) is 4.54. The lowest BCUT2D eigenvalue weighted by Gasteiger charge is -2.29. The molecule has 0 radical (unpaired) electrons. The maximum atomic E-state index is 13.7. The van der Waals surface area contributed by atoms with Gasteiger partial charge in [-0.3, -0.25) is 9.59 Å². The lowest BCUT2D eigenvalue weighted by atomic mass is 9.91. The number of aromatic nitrogens is 2. The van der Waals surface area contributed by atoms with Gasteiger partial charge in [-0.2, -0.15) is 5.10 Å². The van der Waals surface area contributed by atoms with Crippen molar-refractivity contribution in [1.29, 1.82) is 0 Å². The summed E-state index contributed by atoms with van der Waals surface area (Å²) in [5.41, 5.74) is 3.78. The monoisotopic (exact) mass is 495 g/mol. The first kappa shape index (κ1) is 22.6. The minimum Gasteiger partial charge on any atom is -0.268 e. The van der Waals surface area contributed by atoms with Gasteiger partial charge in [0.05, 0.1) is 28.9 Å². The summed E-state index contributed by atoms with van der Waals surface area (Å²) in [7, 11) is -3.12. The van der Waals surface area contributed by atoms with Gasteiger partial charge in [-0.05, 0) is 55.7 Å². The predicted molar refractivity (Wildman–Crippen MR) is 132 cm³/mol. The Kier molecular flexibility index (Phi) is 5.45. The third-order valence-corrected chi connectivity index (χ3v) is 8.39. The fourth-order valence-corrected chi connectivity index (χ4v) is 6.60. The van der Waals surface area contributed by atoms with Crippen LogP contribution in [-0.4, -0.2) is 41.5 Å². The van der Waals surface area contributed by atoms with Crippen LogP contribution in [0.25, 0.3) is 11.6 Å². The van der Waals surface area contributed by atoms with Crippen LogP contribution >= 0.6 is 11.6 Å². The molecule has 0 N–H and O–H groups in total. The third kappa shape index (κ3) is 3.76. The number of sulfone groups is 1. The van der Waals surface area contributed by atoms with Crippen molar-refractivity contribution in [2.24, 2.45) is 0 Å². The Morgan fingerprint density at radius 3 is 2.44 bits per heavy atom. The van der Waals surface area contributed by atoms with Crippen LogP contribution in [0.2, 0.25) is 5.15 Å². The maximum Gasteiger partial charge on any atom is 0.265 e. The number of benzene rings is 2. The van der Waals surface area contributed by atoms with Gasteiger partial charge in [0.2, 0.25) is 0 Å². The summed E-state index contributed by atoms with van der Waals surface area (Å²) < 4.78 is 25.5. The van der Waals surface area contributed by atoms with E-state index in [0.29, 0.717) is 40.1 Å². The Hall–Kier alpha value is -3.23. The average molecular weight is 496 g/mol. The molecule has 2 aliphatic heterocycles. The van der Waals surface area contributed by atoms with Crippen molar-refractivity contribution in [2.45, 2.75) is 26.3 Å². The van der Waals surface area contributed by atoms with Crippen molar-refractivity contribution < 1.29 is 18.0 Å². The highest BCUT2D eigenvalue weighted by atomic mass is 35.5. The predicted octanol–water partition coefficient (Wildman–Crippen LogP) is 4.24. The van der Waals surface area contributed by atoms with E-state index >= 15 is 0 Å². The SMILES string of the molecule is Cc1cccc(N2C(=O)/C(=C\c3c(C)nn([C@@H]4CCS(=O)(=O)C4)c3Cl)c3ccccc3C2=O)c1. The van der Waals surface area contributed by atoms with E-state index in [1.165, 1.54) is 9.58 Å². The minimum atomic E-state index is -3.12. The van der Waals surface area contributed by atoms with Crippen LogP contribution < -0.4 is 4.90 Å². The summed E-state index contributed by atoms with van der Waals surface area (Å²) in [5.74, 6) is -0.761. The number of imide groups is 1. The van der Waals surface area contributed by atoms with Crippen LogP contribution in [0.15, 0.2) is 48.5 Å². The molecule has 2 aromatic carbocycles. The van der Waals surface area contributed by atoms with Gasteiger partial charge < -0.3 is 0 Å². The van der Waals surface area contributed by atoms with Gasteiger partial charge >= 0.3 is 0 Å². The van der Waals surface area contributed by atoms with Crippen LogP contribution in [0.4, 0.5) is 5.69 Å². The minimum absolute atomic E-state index is 0.0126. The second-order valence-electron chi connectivity index (χ2n) is 8.68. The molecule has 1 fully saturated rings. The Morgan fingerprint density at radius 1 is 1.03 bits per heavy atom. The molecule has 1 aromatic heterocycles. The molecule has 1 atom stereocenters. The van der Waals surface area contributed by atoms with Gasteiger partial charge in [0, 0.05) is 16.7 Å². The van der Waals surface area contributed by atoms with Crippen molar-refractivity contribution in [3.05, 3.63) is 81.6 Å². The second-order valence-corrected chi connectivity index (χ2v) is 11.3. The molecular formula is C25H22ClN3O4S. The zero-order chi connectivity index (χ0) is 24.2. The van der Waals surface area contributed by atoms with Gasteiger partial charge in [0.1, 0.15) is 5.15 Å². The van der Waals surface area contributed by atoms with Crippen molar-refractivity contribution in [3.8, 4) is 0 Å². The zero-order valence-corrected chi connectivity index (χ0v) is 20.2. The van der Waals surface area contributed by atoms with E-state index in [2.05, 4.69) is 5.10 Å². The number of amides is 2. The largest absolute Gasteiger partial charge is 0.268 e. The van der Waals surface area contributed by atoms with Crippen molar-refractivity contribution in [3.63, 3.8) is 0 Å². The molecular weight excluding hydrogens is 474 g/mol. The highest BCUT2D eigenvalue weighted by Crippen LogP contribution is 2.36. The normalized spacial score (nSPS) is 20.7. The van der Waals surface area contributed by atoms with Gasteiger partial charge in [0.25, 0.3) is 11.8 Å². The molecule has 1 saturated heterocycles. The molecule has 0 unspecified atom stereocenters. The number of anilines is 1. The average Bonchev–Trinajstić information content (AvgIpc) is 3.29. The Balaban J connectivity index is 1.64. The van der Waals surface area contributed by atoms with Gasteiger partial charge in [0.15, 0.2) is 9.84 Å². The Morgan fingerprint density at radius 2 is 1.76 bits per heavy atom. The molecule has 3 heterocycles. The molecule has 0 spiro atoms. The topological polar surface area (TPSA) is 89.3 Å². The molecule has 5 rings (SSSR count). The van der Waals surface area contributed by atoms with Crippen LogP contribution in [0, 0.1) is 13.8 Å². The summed E-state index contributed by atoms with van der Waals surface area (Å²) in [4.78, 5) is 28.1. The smallest absolute Gasteiger partial charge is 0.265 e. The molecule has 174 valence electrons. The standard InChI is InChI=1S/C25H22ClN3O4S/c1-15-6-5-7-17(12-15)28-24(30)20-9-4-3-8-19(20)22(25(28)31)13-21-16(2)27-29(23(21)26)18-10-11-34(32,33)14-18/h3-9,12-13,18H,10-11,14H2,1-2H3/b22-13-/t18-/m1/s1. The van der Waals surface area contributed by atoms with Crippen molar-refractivity contribution >= 4 is 50.6 Å². The first-order valence-electron chi connectivity index (χ1n) is 10.9. The summed E-state index contributed by atoms with van der Waals surface area (Å²) in [5, 5.41) is 4.77. The number of halogens is 1. The van der Waals surface area contributed by atoms with E-state index in [1.54, 1.807) is 55.5 Å². The van der Waals surface area contributed by atoms with E-state index in [9.17, 15) is 18.0 Å². The fraction of sp³-hybridized carbons (Fsp3) is 0.240. The lowest BCUT2D eigenvalue weighted by molar-refractivity contribution is -0.112. The number of hydrogen-bond donors (Lipinski definition) is 0. The highest BCUT2D eigenvalue weighted by molar-refractivity contribution is 7.91. The summed E-state index contributed by atoms with van der Waals surface area (Å²) in [6.45, 7) is 3.66. The third-order valence-electron chi connectivity index (χ3n) is 6.26. The molecule has 0 saturated carbocycles. The second kappa shape index (κ2) is 8.21. The molecule has 34 heavy (non-hydrogen) atoms. The zero-order valence-electron chi connectivity index (χ0n) is 18.7. The van der Waals surface area contributed by atoms with Gasteiger partial charge in [-0.1, -0.05) is 41.9 Å². The van der Waals surface area contributed by atoms with E-state index < -0.39 is 21.7 Å². The Labute approximate surface area is 202 Å². The Bertz CT molecular complexity index is 1490. The maximum absolute atomic E-state index is 13.7. The van der Waals surface area contributed by atoms with E-state index in [1.807, 2.05) is 13.0 Å². The number of rotatable bonds is 3. The lowest BCUT2D eigenvalue weighted by Crippen LogP contribution is -2.41. The molecule has 9 heteroatoms. The number of fused-ring (bicyclic) bond motifs is 1. The molecule has 2 amide bonds. The first-order valence-corrected chi connectivity index (χ1v) is 13.1. The van der Waals surface area contributed by atoms with E-state index in [0.717, 1.165) is 5.56 Å². The number of carbonyl (C=O) groups excluding carboxylic acids is 2. The number of aryl methyl sites for hydroxylation is 2. The number of hydrogen-bond acceptors (Lipinski definition) is 5. The van der Waals surface area contributed by atoms with E-state index in [-0.39, 0.29) is 22.7 Å². The number of nitrogens with zero attached hydrogens (tertiary/aromatic N) is 3. The summed E-state index contributed by atoms with van der Waals surface area (Å²) in [6, 6.07) is 13.8. The van der Waals surface area contributed by atoms with E-state index in [4.69, 9.17) is 11.6 Å². The number of carbonyl (C=O) groups is 2. The van der Waals surface area contributed by atoms with Crippen molar-refractivity contribution in [2.75, 3.05) is 16.4 Å². The molecule has 7 nitrogen and oxygen atoms in total. The van der Waals surface area contributed by atoms with Gasteiger partial charge in [-0.25, -0.2) is 18.0 Å². The quantitative estimate of drug-likeness (QED) is 0.400. The molecule has 0 bridgehead atoms. The van der Waals surface area contributed by atoms with Crippen LogP contribution in [0.5, 0.6) is 0 Å². The van der Waals surface area contributed by atoms with Gasteiger partial charge in [-0.15, -0.1) is 0 Å². The summed E-state index contributed by atoms with van der Waals surface area (Å²) in [6.07, 6.45) is 2.09. The van der Waals surface area contributed by atoms with Crippen LogP contribution in [0.3, 0.4) is 0 Å². The van der Waals surface area contributed by atoms with Crippen LogP contribution in [0.1, 0.15) is 45.2 Å². The molecule has 2 aliphatic rings. The van der Waals surface area contributed by atoms with Crippen LogP contribution in [-0.2, 0) is 14.6 Å².